The minimum Gasteiger partial charge on any atom is -0.369 e. The van der Waals surface area contributed by atoms with Gasteiger partial charge in [0.25, 0.3) is 0 Å². The van der Waals surface area contributed by atoms with Gasteiger partial charge in [-0.05, 0) is 32.9 Å². The molecule has 0 aromatic carbocycles. The van der Waals surface area contributed by atoms with Gasteiger partial charge in [0.05, 0.1) is 5.02 Å². The van der Waals surface area contributed by atoms with Crippen LogP contribution in [-0.4, -0.2) is 22.5 Å². The maximum absolute atomic E-state index is 11.5. The van der Waals surface area contributed by atoms with Crippen LogP contribution in [0.1, 0.15) is 20.8 Å². The van der Waals surface area contributed by atoms with Gasteiger partial charge < -0.3 is 11.1 Å². The Hall–Kier alpha value is -1.82. The van der Waals surface area contributed by atoms with Crippen molar-refractivity contribution < 1.29 is 4.79 Å². The van der Waals surface area contributed by atoms with Crippen LogP contribution in [0.4, 0.5) is 10.6 Å². The second kappa shape index (κ2) is 5.68. The Kier molecular flexibility index (Phi) is 4.49. The lowest BCUT2D eigenvalue weighted by molar-refractivity contribution is 0.236. The van der Waals surface area contributed by atoms with E-state index >= 15 is 0 Å². The number of nitrogens with one attached hydrogen (secondary N) is 2. The molecule has 1 heterocycles. The monoisotopic (exact) mass is 269 g/mol. The number of amides is 2. The van der Waals surface area contributed by atoms with Crippen molar-refractivity contribution in [3.05, 3.63) is 23.4 Å². The summed E-state index contributed by atoms with van der Waals surface area (Å²) in [6, 6.07) is 2.88. The smallest absolute Gasteiger partial charge is 0.321 e. The van der Waals surface area contributed by atoms with Crippen molar-refractivity contribution in [1.29, 1.82) is 0 Å². The van der Waals surface area contributed by atoms with E-state index in [1.807, 2.05) is 20.8 Å². The van der Waals surface area contributed by atoms with E-state index < -0.39 is 6.03 Å². The van der Waals surface area contributed by atoms with Gasteiger partial charge in [0.2, 0.25) is 5.96 Å². The van der Waals surface area contributed by atoms with Crippen LogP contribution in [0, 0.1) is 0 Å². The fourth-order valence-corrected chi connectivity index (χ4v) is 1.25. The predicted molar refractivity (Wildman–Crippen MR) is 71.9 cm³/mol. The minimum atomic E-state index is -0.434. The lowest BCUT2D eigenvalue weighted by Crippen LogP contribution is -2.50. The topological polar surface area (TPSA) is 92.4 Å². The van der Waals surface area contributed by atoms with Crippen molar-refractivity contribution in [3.63, 3.8) is 0 Å². The number of nitrogens with zero attached hydrogens (tertiary/aromatic N) is 2. The van der Waals surface area contributed by atoms with E-state index in [2.05, 4.69) is 20.6 Å². The number of aromatic nitrogens is 1. The molecule has 6 nitrogen and oxygen atoms in total. The molecule has 4 N–H and O–H groups in total. The van der Waals surface area contributed by atoms with E-state index in [1.165, 1.54) is 6.20 Å². The van der Waals surface area contributed by atoms with Gasteiger partial charge in [-0.2, -0.15) is 4.99 Å². The van der Waals surface area contributed by atoms with Crippen molar-refractivity contribution in [2.24, 2.45) is 10.7 Å². The highest BCUT2D eigenvalue weighted by molar-refractivity contribution is 6.32. The van der Waals surface area contributed by atoms with Gasteiger partial charge in [-0.3, -0.25) is 5.32 Å². The number of hydrogen-bond donors (Lipinski definition) is 3. The van der Waals surface area contributed by atoms with Gasteiger partial charge >= 0.3 is 6.03 Å². The van der Waals surface area contributed by atoms with Crippen molar-refractivity contribution in [2.75, 3.05) is 0 Å². The molecule has 18 heavy (non-hydrogen) atoms. The third-order valence-corrected chi connectivity index (χ3v) is 1.99. The van der Waals surface area contributed by atoms with E-state index in [9.17, 15) is 4.79 Å². The van der Waals surface area contributed by atoms with Crippen LogP contribution in [0.5, 0.6) is 0 Å². The summed E-state index contributed by atoms with van der Waals surface area (Å²) in [6.07, 6.45) is 1.53. The number of urea groups is 1. The number of hydrogen-bond acceptors (Lipinski definition) is 3. The third kappa shape index (κ3) is 5.01. The number of pyridine rings is 1. The van der Waals surface area contributed by atoms with Crippen LogP contribution in [0.3, 0.4) is 0 Å². The fourth-order valence-electron chi connectivity index (χ4n) is 1.09. The minimum absolute atomic E-state index is 0.0719. The summed E-state index contributed by atoms with van der Waals surface area (Å²) in [5.41, 5.74) is 5.22. The maximum Gasteiger partial charge on any atom is 0.321 e. The van der Waals surface area contributed by atoms with Gasteiger partial charge in [0, 0.05) is 11.7 Å². The molecule has 0 unspecified atom stereocenters. The SMILES string of the molecule is CC(C)(C)NC(=O)N/C(N)=N/c1ncccc1Cl. The first-order chi connectivity index (χ1) is 8.28. The number of aliphatic imine (C=N–C) groups is 1. The van der Waals surface area contributed by atoms with Crippen molar-refractivity contribution in [1.82, 2.24) is 15.6 Å². The number of carbonyl (C=O) groups excluding carboxylic acids is 1. The summed E-state index contributed by atoms with van der Waals surface area (Å²) >= 11 is 5.86. The molecule has 0 radical (unpaired) electrons. The zero-order valence-corrected chi connectivity index (χ0v) is 11.2. The Morgan fingerprint density at radius 3 is 2.72 bits per heavy atom. The molecule has 1 rings (SSSR count). The molecule has 1 aromatic rings. The molecule has 0 aliphatic carbocycles. The molecule has 2 amide bonds. The molecular weight excluding hydrogens is 254 g/mol. The molecule has 98 valence electrons. The molecule has 0 fully saturated rings. The number of guanidine groups is 1. The summed E-state index contributed by atoms with van der Waals surface area (Å²) in [6.45, 7) is 5.57. The zero-order chi connectivity index (χ0) is 13.8. The first kappa shape index (κ1) is 14.2. The molecule has 7 heteroatoms. The van der Waals surface area contributed by atoms with Crippen LogP contribution in [0.2, 0.25) is 5.02 Å². The van der Waals surface area contributed by atoms with E-state index in [4.69, 9.17) is 17.3 Å². The largest absolute Gasteiger partial charge is 0.369 e. The van der Waals surface area contributed by atoms with Gasteiger partial charge in [-0.15, -0.1) is 0 Å². The summed E-state index contributed by atoms with van der Waals surface area (Å²) in [5.74, 6) is 0.185. The van der Waals surface area contributed by atoms with Crippen LogP contribution in [-0.2, 0) is 0 Å². The fraction of sp³-hybridized carbons (Fsp3) is 0.364. The Bertz CT molecular complexity index is 467. The normalized spacial score (nSPS) is 12.1. The Balaban J connectivity index is 2.69. The highest BCUT2D eigenvalue weighted by Gasteiger charge is 2.14. The van der Waals surface area contributed by atoms with Crippen LogP contribution in [0.25, 0.3) is 0 Å². The van der Waals surface area contributed by atoms with Crippen LogP contribution in [0.15, 0.2) is 23.3 Å². The zero-order valence-electron chi connectivity index (χ0n) is 10.5. The van der Waals surface area contributed by atoms with E-state index in [0.717, 1.165) is 0 Å². The van der Waals surface area contributed by atoms with Crippen molar-refractivity contribution >= 4 is 29.4 Å². The number of rotatable bonds is 1. The number of halogens is 1. The van der Waals surface area contributed by atoms with E-state index in [1.54, 1.807) is 12.1 Å². The standard InChI is InChI=1S/C11H16ClN5O/c1-11(2,3)17-10(18)16-9(13)15-8-7(12)5-4-6-14-8/h4-6H,1-3H3,(H4,13,14,15,16,17,18). The number of nitrogens with two attached hydrogens (primary N) is 1. The Morgan fingerprint density at radius 1 is 1.50 bits per heavy atom. The summed E-state index contributed by atoms with van der Waals surface area (Å²) in [7, 11) is 0. The van der Waals surface area contributed by atoms with Gasteiger partial charge in [-0.25, -0.2) is 9.78 Å². The second-order valence-corrected chi connectivity index (χ2v) is 5.04. The molecule has 0 aliphatic heterocycles. The van der Waals surface area contributed by atoms with Gasteiger partial charge in [0.15, 0.2) is 5.82 Å². The average molecular weight is 270 g/mol. The molecular formula is C11H16ClN5O. The highest BCUT2D eigenvalue weighted by atomic mass is 35.5. The maximum atomic E-state index is 11.5. The molecule has 0 atom stereocenters. The average Bonchev–Trinajstić information content (AvgIpc) is 2.18. The lowest BCUT2D eigenvalue weighted by atomic mass is 10.1. The quantitative estimate of drug-likeness (QED) is 0.536. The lowest BCUT2D eigenvalue weighted by Gasteiger charge is -2.20. The Labute approximate surface area is 111 Å². The Morgan fingerprint density at radius 2 is 2.17 bits per heavy atom. The highest BCUT2D eigenvalue weighted by Crippen LogP contribution is 2.19. The van der Waals surface area contributed by atoms with Gasteiger partial charge in [0.1, 0.15) is 0 Å². The van der Waals surface area contributed by atoms with Crippen molar-refractivity contribution in [3.8, 4) is 0 Å². The molecule has 0 saturated heterocycles. The molecule has 0 saturated carbocycles. The van der Waals surface area contributed by atoms with E-state index in [-0.39, 0.29) is 17.3 Å². The molecule has 0 aliphatic rings. The summed E-state index contributed by atoms with van der Waals surface area (Å²) in [4.78, 5) is 19.3. The number of carbonyl (C=O) groups is 1. The van der Waals surface area contributed by atoms with Crippen molar-refractivity contribution in [2.45, 2.75) is 26.3 Å². The second-order valence-electron chi connectivity index (χ2n) is 4.63. The summed E-state index contributed by atoms with van der Waals surface area (Å²) < 4.78 is 0. The van der Waals surface area contributed by atoms with Gasteiger partial charge in [-0.1, -0.05) is 11.6 Å². The van der Waals surface area contributed by atoms with Crippen LogP contribution < -0.4 is 16.4 Å². The van der Waals surface area contributed by atoms with E-state index in [0.29, 0.717) is 5.02 Å². The molecule has 0 spiro atoms. The summed E-state index contributed by atoms with van der Waals surface area (Å²) in [5, 5.41) is 5.44. The first-order valence-electron chi connectivity index (χ1n) is 5.32. The molecule has 0 bridgehead atoms. The third-order valence-electron chi connectivity index (χ3n) is 1.70. The first-order valence-corrected chi connectivity index (χ1v) is 5.69. The van der Waals surface area contributed by atoms with Crippen LogP contribution >= 0.6 is 11.6 Å². The molecule has 1 aromatic heterocycles. The predicted octanol–water partition coefficient (Wildman–Crippen LogP) is 1.78.